The van der Waals surface area contributed by atoms with Gasteiger partial charge in [0.2, 0.25) is 5.91 Å². The van der Waals surface area contributed by atoms with Gasteiger partial charge in [-0.2, -0.15) is 0 Å². The Morgan fingerprint density at radius 3 is 2.54 bits per heavy atom. The van der Waals surface area contributed by atoms with E-state index in [1.807, 2.05) is 37.1 Å². The number of likely N-dealkylation sites (tertiary alicyclic amines) is 2. The fraction of sp³-hybridized carbons (Fsp3) is 0.592. The maximum atomic E-state index is 14.7. The number of ether oxygens (including phenoxy) is 2. The average Bonchev–Trinajstić information content (AvgIpc) is 3.88. The molecule has 65 heavy (non-hydrogen) atoms. The van der Waals surface area contributed by atoms with Gasteiger partial charge in [-0.05, 0) is 95.2 Å². The molecule has 3 fully saturated rings. The molecule has 4 aromatic rings. The summed E-state index contributed by atoms with van der Waals surface area (Å²) >= 11 is 1.44. The average molecular weight is 910 g/mol. The van der Waals surface area contributed by atoms with Crippen LogP contribution in [0, 0.1) is 11.3 Å². The molecule has 7 heterocycles. The van der Waals surface area contributed by atoms with Crippen LogP contribution in [0.1, 0.15) is 96.0 Å². The lowest BCUT2D eigenvalue weighted by Crippen LogP contribution is -2.69. The first-order chi connectivity index (χ1) is 31.0. The molecule has 1 aromatic carbocycles. The topological polar surface area (TPSA) is 154 Å². The number of piperidine rings is 1. The van der Waals surface area contributed by atoms with Crippen molar-refractivity contribution in [2.24, 2.45) is 11.3 Å². The molecule has 0 aliphatic carbocycles. The number of aromatic nitrogens is 3. The van der Waals surface area contributed by atoms with Crippen molar-refractivity contribution in [3.8, 4) is 22.5 Å². The molecule has 4 atom stereocenters. The molecule has 0 saturated carbocycles. The number of likely N-dealkylation sites (N-methyl/N-ethyl adjacent to an activating group) is 1. The van der Waals surface area contributed by atoms with Crippen LogP contribution in [0.15, 0.2) is 41.9 Å². The molecular weight excluding hydrogens is 843 g/mol. The van der Waals surface area contributed by atoms with Crippen molar-refractivity contribution in [2.75, 3.05) is 54.0 Å². The number of hydrogen-bond donors (Lipinski definition) is 2. The highest BCUT2D eigenvalue weighted by atomic mass is 32.1. The summed E-state index contributed by atoms with van der Waals surface area (Å²) in [5.74, 6) is -1.47. The van der Waals surface area contributed by atoms with Crippen LogP contribution in [0.5, 0.6) is 0 Å². The molecule has 3 aromatic heterocycles. The lowest BCUT2D eigenvalue weighted by molar-refractivity contribution is -0.155. The SMILES string of the molecule is CCn1c(-c2cccnc2[C@H](C)OC)c2c3cc(ccc31)-c1csc(n1)C[C@H](NC(=O)C(C(C)C)N(C)C(=O)N1CCC13CCN(C)CC3)C(=O)N1CCC[C@H](N1)C(=O)OCC(C)(C)C2. The molecule has 4 amide bonds. The zero-order valence-electron chi connectivity index (χ0n) is 39.6. The predicted molar refractivity (Wildman–Crippen MR) is 252 cm³/mol. The highest BCUT2D eigenvalue weighted by Gasteiger charge is 2.50. The highest BCUT2D eigenvalue weighted by Crippen LogP contribution is 2.43. The van der Waals surface area contributed by atoms with Crippen molar-refractivity contribution < 1.29 is 28.7 Å². The van der Waals surface area contributed by atoms with Crippen LogP contribution in [0.3, 0.4) is 0 Å². The molecule has 1 spiro atoms. The van der Waals surface area contributed by atoms with E-state index < -0.39 is 35.4 Å². The molecular formula is C49H67N9O6S. The summed E-state index contributed by atoms with van der Waals surface area (Å²) in [4.78, 5) is 73.1. The number of amides is 4. The number of hydrazine groups is 1. The van der Waals surface area contributed by atoms with Crippen LogP contribution in [0.4, 0.5) is 4.79 Å². The number of benzene rings is 1. The number of methoxy groups -OCH3 is 1. The molecule has 16 heteroatoms. The first kappa shape index (κ1) is 46.6. The van der Waals surface area contributed by atoms with Crippen molar-refractivity contribution in [3.05, 3.63) is 58.2 Å². The van der Waals surface area contributed by atoms with Crippen LogP contribution >= 0.6 is 11.3 Å². The van der Waals surface area contributed by atoms with Gasteiger partial charge in [-0.15, -0.1) is 11.3 Å². The maximum absolute atomic E-state index is 14.7. The van der Waals surface area contributed by atoms with E-state index in [4.69, 9.17) is 19.4 Å². The number of nitrogens with one attached hydrogen (secondary N) is 2. The molecule has 2 N–H and O–H groups in total. The number of carbonyl (C=O) groups excluding carboxylic acids is 4. The van der Waals surface area contributed by atoms with Gasteiger partial charge in [-0.3, -0.25) is 24.4 Å². The molecule has 8 rings (SSSR count). The Morgan fingerprint density at radius 1 is 1.09 bits per heavy atom. The van der Waals surface area contributed by atoms with E-state index in [0.29, 0.717) is 43.9 Å². The summed E-state index contributed by atoms with van der Waals surface area (Å²) in [5, 5.41) is 8.29. The predicted octanol–water partition coefficient (Wildman–Crippen LogP) is 6.45. The molecule has 6 bridgehead atoms. The quantitative estimate of drug-likeness (QED) is 0.189. The third-order valence-electron chi connectivity index (χ3n) is 14.3. The Kier molecular flexibility index (Phi) is 13.5. The van der Waals surface area contributed by atoms with Gasteiger partial charge in [0.15, 0.2) is 0 Å². The van der Waals surface area contributed by atoms with Crippen molar-refractivity contribution in [2.45, 2.75) is 123 Å². The summed E-state index contributed by atoms with van der Waals surface area (Å²) in [6.45, 7) is 15.9. The smallest absolute Gasteiger partial charge is 0.324 e. The molecule has 4 aliphatic heterocycles. The lowest BCUT2D eigenvalue weighted by atomic mass is 9.76. The number of cyclic esters (lactones) is 1. The number of urea groups is 1. The van der Waals surface area contributed by atoms with Crippen molar-refractivity contribution >= 4 is 46.1 Å². The van der Waals surface area contributed by atoms with Crippen molar-refractivity contribution in [1.82, 2.24) is 45.0 Å². The van der Waals surface area contributed by atoms with Crippen LogP contribution in [-0.4, -0.2) is 136 Å². The summed E-state index contributed by atoms with van der Waals surface area (Å²) in [5.41, 5.74) is 9.27. The van der Waals surface area contributed by atoms with E-state index in [0.717, 1.165) is 77.0 Å². The fourth-order valence-corrected chi connectivity index (χ4v) is 11.3. The van der Waals surface area contributed by atoms with Crippen molar-refractivity contribution in [1.29, 1.82) is 0 Å². The second-order valence-corrected chi connectivity index (χ2v) is 20.7. The van der Waals surface area contributed by atoms with Gasteiger partial charge in [0.1, 0.15) is 18.1 Å². The second-order valence-electron chi connectivity index (χ2n) is 19.8. The van der Waals surface area contributed by atoms with Crippen LogP contribution in [-0.2, 0) is 43.2 Å². The number of rotatable bonds is 8. The van der Waals surface area contributed by atoms with Gasteiger partial charge in [0.05, 0.1) is 34.8 Å². The van der Waals surface area contributed by atoms with Crippen LogP contribution in [0.2, 0.25) is 0 Å². The minimum Gasteiger partial charge on any atom is -0.464 e. The number of carbonyl (C=O) groups is 4. The first-order valence-electron chi connectivity index (χ1n) is 23.4. The lowest BCUT2D eigenvalue weighted by Gasteiger charge is -2.57. The summed E-state index contributed by atoms with van der Waals surface area (Å²) in [6, 6.07) is 7.71. The fourth-order valence-electron chi connectivity index (χ4n) is 10.4. The summed E-state index contributed by atoms with van der Waals surface area (Å²) in [6.07, 6.45) is 6.10. The maximum Gasteiger partial charge on any atom is 0.324 e. The molecule has 0 radical (unpaired) electrons. The summed E-state index contributed by atoms with van der Waals surface area (Å²) < 4.78 is 14.3. The largest absolute Gasteiger partial charge is 0.464 e. The van der Waals surface area contributed by atoms with Crippen LogP contribution in [0.25, 0.3) is 33.4 Å². The zero-order chi connectivity index (χ0) is 46.4. The third-order valence-corrected chi connectivity index (χ3v) is 15.2. The van der Waals surface area contributed by atoms with E-state index >= 15 is 0 Å². The van der Waals surface area contributed by atoms with E-state index in [-0.39, 0.29) is 42.5 Å². The minimum absolute atomic E-state index is 0.118. The molecule has 4 aliphatic rings. The molecule has 350 valence electrons. The number of esters is 1. The molecule has 3 saturated heterocycles. The van der Waals surface area contributed by atoms with Gasteiger partial charge in [-0.25, -0.2) is 15.2 Å². The third kappa shape index (κ3) is 9.15. The summed E-state index contributed by atoms with van der Waals surface area (Å²) in [7, 11) is 5.50. The monoisotopic (exact) mass is 909 g/mol. The first-order valence-corrected chi connectivity index (χ1v) is 24.3. The second kappa shape index (κ2) is 18.8. The van der Waals surface area contributed by atoms with E-state index in [1.54, 1.807) is 25.3 Å². The number of pyridine rings is 1. The van der Waals surface area contributed by atoms with E-state index in [9.17, 15) is 19.2 Å². The van der Waals surface area contributed by atoms with Gasteiger partial charge < -0.3 is 34.1 Å². The Balaban J connectivity index is 1.16. The van der Waals surface area contributed by atoms with E-state index in [1.165, 1.54) is 16.3 Å². The van der Waals surface area contributed by atoms with Gasteiger partial charge in [0.25, 0.3) is 5.91 Å². The number of nitrogens with zero attached hydrogens (tertiary/aromatic N) is 7. The Labute approximate surface area is 387 Å². The number of hydrogen-bond acceptors (Lipinski definition) is 11. The zero-order valence-corrected chi connectivity index (χ0v) is 40.4. The van der Waals surface area contributed by atoms with Gasteiger partial charge >= 0.3 is 12.0 Å². The molecule has 15 nitrogen and oxygen atoms in total. The van der Waals surface area contributed by atoms with E-state index in [2.05, 4.69) is 72.3 Å². The normalized spacial score (nSPS) is 22.3. The van der Waals surface area contributed by atoms with Crippen LogP contribution < -0.4 is 10.7 Å². The Hall–Kier alpha value is -4.90. The Bertz CT molecular complexity index is 2420. The number of thiazole rings is 1. The molecule has 1 unspecified atom stereocenters. The minimum atomic E-state index is -1.03. The van der Waals surface area contributed by atoms with Gasteiger partial charge in [-0.1, -0.05) is 33.8 Å². The number of fused-ring (bicyclic) bond motifs is 6. The highest BCUT2D eigenvalue weighted by molar-refractivity contribution is 7.10. The number of aryl methyl sites for hydroxylation is 1. The van der Waals surface area contributed by atoms with Crippen molar-refractivity contribution in [3.63, 3.8) is 0 Å². The van der Waals surface area contributed by atoms with Gasteiger partial charge in [0, 0.05) is 97.9 Å². The Morgan fingerprint density at radius 2 is 1.85 bits per heavy atom. The standard InChI is InChI=1S/C49H67N9O6S/c1-10-56-39-16-15-32-25-34(39)35(43(56)33-13-11-20-50-41(33)31(4)63-9)27-48(5,6)29-64-46(61)36-14-12-21-58(53-36)45(60)37(26-40-51-38(32)28-65-40)52-44(59)42(30(2)3)55(8)47(62)57-24-19-49(57)17-22-54(7)23-18-49/h11,13,15-16,20,25,28,30-31,36-37,42,53H,10,12,14,17-19,21-24,26-27,29H2,1-9H3,(H,52,59)/t31-,36-,37-,42?/m0/s1.